The quantitative estimate of drug-likeness (QED) is 0.603. The van der Waals surface area contributed by atoms with Gasteiger partial charge in [0.1, 0.15) is 0 Å². The van der Waals surface area contributed by atoms with E-state index >= 15 is 0 Å². The average Bonchev–Trinajstić information content (AvgIpc) is 2.69. The number of rotatable bonds is 2. The maximum absolute atomic E-state index is 13.0. The monoisotopic (exact) mass is 362 g/mol. The van der Waals surface area contributed by atoms with Crippen LogP contribution in [0.2, 0.25) is 0 Å². The van der Waals surface area contributed by atoms with Crippen LogP contribution in [0.25, 0.3) is 0 Å². The van der Waals surface area contributed by atoms with E-state index < -0.39 is 17.4 Å². The molecule has 5 heteroatoms. The van der Waals surface area contributed by atoms with Crippen LogP contribution in [0.15, 0.2) is 0 Å². The fourth-order valence-electron chi connectivity index (χ4n) is 7.58. The first-order chi connectivity index (χ1) is 12.2. The third-order valence-corrected chi connectivity index (χ3v) is 8.63. The Bertz CT molecular complexity index is 671. The summed E-state index contributed by atoms with van der Waals surface area (Å²) in [7, 11) is 0. The number of ether oxygens (including phenoxy) is 1. The van der Waals surface area contributed by atoms with E-state index in [0.29, 0.717) is 25.4 Å². The van der Waals surface area contributed by atoms with Crippen LogP contribution in [0, 0.1) is 34.0 Å². The zero-order chi connectivity index (χ0) is 18.9. The molecule has 144 valence electrons. The molecule has 4 aliphatic carbocycles. The molecule has 0 saturated heterocycles. The smallest absolute Gasteiger partial charge is 0.302 e. The number of Topliss-reactive ketones (excluding diaryl/α,β-unsaturated/α-hetero) is 2. The van der Waals surface area contributed by atoms with Gasteiger partial charge < -0.3 is 9.84 Å². The van der Waals surface area contributed by atoms with Gasteiger partial charge in [0.2, 0.25) is 11.6 Å². The predicted octanol–water partition coefficient (Wildman–Crippen LogP) is 2.68. The van der Waals surface area contributed by atoms with Crippen LogP contribution in [-0.2, 0) is 19.1 Å². The van der Waals surface area contributed by atoms with Crippen LogP contribution in [0.3, 0.4) is 0 Å². The summed E-state index contributed by atoms with van der Waals surface area (Å²) in [5.74, 6) is -0.972. The summed E-state index contributed by atoms with van der Waals surface area (Å²) in [6.07, 6.45) is 5.12. The van der Waals surface area contributed by atoms with Gasteiger partial charge in [0.15, 0.2) is 0 Å². The van der Waals surface area contributed by atoms with Crippen molar-refractivity contribution >= 4 is 17.5 Å². The fourth-order valence-corrected chi connectivity index (χ4v) is 7.58. The van der Waals surface area contributed by atoms with Gasteiger partial charge in [-0.25, -0.2) is 0 Å². The Morgan fingerprint density at radius 3 is 2.54 bits per heavy atom. The summed E-state index contributed by atoms with van der Waals surface area (Å²) < 4.78 is 5.42. The van der Waals surface area contributed by atoms with Crippen molar-refractivity contribution in [3.8, 4) is 0 Å². The fraction of sp³-hybridized carbons (Fsp3) is 0.857. The first-order valence-electron chi connectivity index (χ1n) is 10.1. The van der Waals surface area contributed by atoms with Crippen molar-refractivity contribution < 1.29 is 24.2 Å². The second kappa shape index (κ2) is 5.63. The molecule has 0 radical (unpaired) electrons. The van der Waals surface area contributed by atoms with Gasteiger partial charge in [0, 0.05) is 12.3 Å². The molecule has 0 unspecified atom stereocenters. The predicted molar refractivity (Wildman–Crippen MR) is 94.1 cm³/mol. The number of esters is 1. The van der Waals surface area contributed by atoms with Crippen molar-refractivity contribution in [1.82, 2.24) is 0 Å². The van der Waals surface area contributed by atoms with E-state index in [0.717, 1.165) is 32.1 Å². The number of carbonyl (C=O) groups excluding carboxylic acids is 3. The zero-order valence-electron chi connectivity index (χ0n) is 16.0. The molecule has 5 nitrogen and oxygen atoms in total. The molecule has 7 atom stereocenters. The molecule has 4 saturated carbocycles. The summed E-state index contributed by atoms with van der Waals surface area (Å²) >= 11 is 0. The lowest BCUT2D eigenvalue weighted by atomic mass is 9.40. The number of aliphatic hydroxyl groups is 1. The molecular weight excluding hydrogens is 332 g/mol. The largest absolute Gasteiger partial charge is 0.465 e. The molecule has 0 heterocycles. The van der Waals surface area contributed by atoms with Gasteiger partial charge in [0.05, 0.1) is 24.0 Å². The second-order valence-electron chi connectivity index (χ2n) is 9.80. The molecule has 0 amide bonds. The van der Waals surface area contributed by atoms with Crippen LogP contribution in [0.5, 0.6) is 0 Å². The maximum atomic E-state index is 13.0. The minimum absolute atomic E-state index is 0.0518. The number of fused-ring (bicyclic) bond motifs is 3. The van der Waals surface area contributed by atoms with Gasteiger partial charge >= 0.3 is 5.97 Å². The molecular formula is C21H30O5. The van der Waals surface area contributed by atoms with Gasteiger partial charge in [-0.1, -0.05) is 20.3 Å². The van der Waals surface area contributed by atoms with Crippen LogP contribution < -0.4 is 0 Å². The van der Waals surface area contributed by atoms with Crippen molar-refractivity contribution in [2.24, 2.45) is 34.0 Å². The number of aliphatic hydroxyl groups excluding tert-OH is 1. The Hall–Kier alpha value is -1.23. The highest BCUT2D eigenvalue weighted by atomic mass is 16.5. The number of hydrogen-bond donors (Lipinski definition) is 1. The summed E-state index contributed by atoms with van der Waals surface area (Å²) in [4.78, 5) is 36.8. The average molecular weight is 362 g/mol. The van der Waals surface area contributed by atoms with Crippen molar-refractivity contribution in [3.05, 3.63) is 0 Å². The van der Waals surface area contributed by atoms with E-state index in [1.807, 2.05) is 0 Å². The Labute approximate surface area is 154 Å². The van der Waals surface area contributed by atoms with E-state index in [4.69, 9.17) is 4.74 Å². The lowest BCUT2D eigenvalue weighted by Crippen LogP contribution is -2.62. The molecule has 1 N–H and O–H groups in total. The molecule has 2 bridgehead atoms. The normalized spacial score (nSPS) is 50.2. The highest BCUT2D eigenvalue weighted by molar-refractivity contribution is 6.42. The standard InChI is InChI=1S/C21H30O5/c1-12(22)26-11-19(2)8-4-9-20(3)14(19)7-10-21-15(20)6-5-13(17(21)24)16(23)18(21)25/h13-15,17,24H,4-11H2,1-3H3/t13-,14+,15-,17+,19+,20+,21-/m0/s1. The lowest BCUT2D eigenvalue weighted by molar-refractivity contribution is -0.196. The van der Waals surface area contributed by atoms with Crippen molar-refractivity contribution in [2.75, 3.05) is 6.61 Å². The third-order valence-electron chi connectivity index (χ3n) is 8.63. The Balaban J connectivity index is 1.72. The second-order valence-corrected chi connectivity index (χ2v) is 9.80. The minimum Gasteiger partial charge on any atom is -0.465 e. The van der Waals surface area contributed by atoms with Crippen molar-refractivity contribution in [1.29, 1.82) is 0 Å². The third kappa shape index (κ3) is 2.10. The number of hydrogen-bond acceptors (Lipinski definition) is 5. The topological polar surface area (TPSA) is 80.7 Å². The summed E-state index contributed by atoms with van der Waals surface area (Å²) in [6.45, 7) is 6.33. The van der Waals surface area contributed by atoms with Gasteiger partial charge in [-0.2, -0.15) is 0 Å². The Morgan fingerprint density at radius 2 is 1.85 bits per heavy atom. The highest BCUT2D eigenvalue weighted by Gasteiger charge is 2.72. The summed E-state index contributed by atoms with van der Waals surface area (Å²) in [5.41, 5.74) is -1.06. The molecule has 1 spiro atoms. The van der Waals surface area contributed by atoms with E-state index in [1.165, 1.54) is 6.92 Å². The molecule has 4 rings (SSSR count). The van der Waals surface area contributed by atoms with E-state index in [1.54, 1.807) is 0 Å². The van der Waals surface area contributed by atoms with Gasteiger partial charge in [-0.3, -0.25) is 14.4 Å². The number of ketones is 2. The van der Waals surface area contributed by atoms with E-state index in [9.17, 15) is 19.5 Å². The van der Waals surface area contributed by atoms with Gasteiger partial charge in [-0.05, 0) is 55.8 Å². The van der Waals surface area contributed by atoms with Crippen molar-refractivity contribution in [2.45, 2.75) is 71.8 Å². The molecule has 0 aromatic rings. The minimum atomic E-state index is -0.856. The molecule has 4 aliphatic rings. The highest BCUT2D eigenvalue weighted by Crippen LogP contribution is 2.70. The van der Waals surface area contributed by atoms with Gasteiger partial charge in [0.25, 0.3) is 0 Å². The maximum Gasteiger partial charge on any atom is 0.302 e. The van der Waals surface area contributed by atoms with Crippen LogP contribution >= 0.6 is 0 Å². The zero-order valence-corrected chi connectivity index (χ0v) is 16.0. The van der Waals surface area contributed by atoms with Crippen LogP contribution in [-0.4, -0.2) is 35.4 Å². The first-order valence-corrected chi connectivity index (χ1v) is 10.1. The SMILES string of the molecule is CC(=O)OC[C@@]1(C)CCC[C@]2(C)[C@@H]1CC[C@]13C(=O)C(=O)[C@H](CC[C@@H]21)[C@H]3O. The molecule has 0 aromatic heterocycles. The Kier molecular flexibility index (Phi) is 3.93. The first kappa shape index (κ1) is 18.1. The summed E-state index contributed by atoms with van der Waals surface area (Å²) in [6, 6.07) is 0. The van der Waals surface area contributed by atoms with Crippen molar-refractivity contribution in [3.63, 3.8) is 0 Å². The van der Waals surface area contributed by atoms with Crippen LogP contribution in [0.4, 0.5) is 0 Å². The van der Waals surface area contributed by atoms with Crippen LogP contribution in [0.1, 0.15) is 65.7 Å². The molecule has 0 aromatic carbocycles. The molecule has 0 aliphatic heterocycles. The van der Waals surface area contributed by atoms with E-state index in [-0.39, 0.29) is 34.3 Å². The van der Waals surface area contributed by atoms with Gasteiger partial charge in [-0.15, -0.1) is 0 Å². The Morgan fingerprint density at radius 1 is 1.12 bits per heavy atom. The molecule has 26 heavy (non-hydrogen) atoms. The molecule has 4 fully saturated rings. The summed E-state index contributed by atoms with van der Waals surface area (Å²) in [5, 5.41) is 10.9. The number of carbonyl (C=O) groups is 3. The lowest BCUT2D eigenvalue weighted by Gasteiger charge is -2.64. The van der Waals surface area contributed by atoms with E-state index in [2.05, 4.69) is 13.8 Å².